The first-order valence-corrected chi connectivity index (χ1v) is 30.5. The van der Waals surface area contributed by atoms with Crippen LogP contribution in [-0.4, -0.2) is 6.85 Å². The topological polar surface area (TPSA) is 36.0 Å². The molecule has 0 aliphatic carbocycles. The maximum atomic E-state index is 7.28. The minimum Gasteiger partial charge on any atom is -0.456 e. The molecule has 0 unspecified atom stereocenters. The van der Waals surface area contributed by atoms with E-state index in [-0.39, 0.29) is 33.9 Å². The van der Waals surface area contributed by atoms with E-state index in [9.17, 15) is 0 Å². The van der Waals surface area contributed by atoms with E-state index in [1.54, 1.807) is 0 Å². The van der Waals surface area contributed by atoms with Gasteiger partial charge in [-0.25, -0.2) is 0 Å². The van der Waals surface area contributed by atoms with E-state index in [2.05, 4.69) is 294 Å². The average Bonchev–Trinajstić information content (AvgIpc) is 1.90. The van der Waals surface area contributed by atoms with Gasteiger partial charge >= 0.3 is 6.85 Å². The van der Waals surface area contributed by atoms with Crippen molar-refractivity contribution in [3.63, 3.8) is 0 Å². The third kappa shape index (κ3) is 8.62. The van der Waals surface area contributed by atoms with Crippen molar-refractivity contribution >= 4 is 128 Å². The van der Waals surface area contributed by atoms with E-state index < -0.39 is 0 Å². The molecule has 0 fully saturated rings. The highest BCUT2D eigenvalue weighted by atomic mass is 32.1. The second-order valence-corrected chi connectivity index (χ2v) is 29.8. The Kier molecular flexibility index (Phi) is 11.7. The average molecular weight is 1100 g/mol. The first-order chi connectivity index (χ1) is 39.3. The number of thiophene rings is 1. The number of rotatable bonds is 5. The van der Waals surface area contributed by atoms with Crippen LogP contribution < -0.4 is 24.9 Å². The molecular weight excluding hydrogens is 1030 g/mol. The Hall–Kier alpha value is -8.00. The largest absolute Gasteiger partial charge is 0.456 e. The van der Waals surface area contributed by atoms with Crippen LogP contribution in [0.15, 0.2) is 185 Å². The van der Waals surface area contributed by atoms with Crippen LogP contribution in [0.5, 0.6) is 0 Å². The van der Waals surface area contributed by atoms with Gasteiger partial charge < -0.3 is 23.4 Å². The smallest absolute Gasteiger partial charge is 0.343 e. The number of hydrogen-bond donors (Lipinski definition) is 0. The van der Waals surface area contributed by atoms with Crippen LogP contribution in [0, 0.1) is 0 Å². The van der Waals surface area contributed by atoms with Gasteiger partial charge in [-0.2, -0.15) is 0 Å². The standard InChI is InChI=1S/C76H74BN3O2S/c1-72(2,3)45-20-29-50(30-21-45)78(51-31-22-46(23-32-51)73(4,5)6)54-37-38-56-57-42-59-61(44-65(57)81-64(56)41-54)80(53-35-26-48(27-36-53)75(10,11)12)77-68-62(43-58-55-18-16-17-19-63(55)82-70(58)67(59)68)79(52-33-24-47(25-34-52)74(7,8)9)69-60-40-49(76(13,14)15)28-39-66(60)83-71(69)77/h16-44H,1-15H3. The van der Waals surface area contributed by atoms with Crippen molar-refractivity contribution in [1.82, 2.24) is 0 Å². The summed E-state index contributed by atoms with van der Waals surface area (Å²) in [4.78, 5) is 7.59. The minimum atomic E-state index is -0.225. The van der Waals surface area contributed by atoms with E-state index in [1.165, 1.54) is 53.8 Å². The molecule has 2 aliphatic rings. The molecular formula is C76H74BN3O2S. The summed E-state index contributed by atoms with van der Waals surface area (Å²) in [6.45, 7) is 34.2. The molecule has 0 saturated carbocycles. The summed E-state index contributed by atoms with van der Waals surface area (Å²) in [5.74, 6) is 0. The van der Waals surface area contributed by atoms with E-state index in [0.29, 0.717) is 0 Å². The highest BCUT2D eigenvalue weighted by Gasteiger charge is 2.49. The monoisotopic (exact) mass is 1100 g/mol. The minimum absolute atomic E-state index is 0.00577. The number of benzene rings is 9. The molecule has 5 nitrogen and oxygen atoms in total. The van der Waals surface area contributed by atoms with Gasteiger partial charge in [0.1, 0.15) is 22.3 Å². The van der Waals surface area contributed by atoms with Gasteiger partial charge in [-0.05, 0) is 151 Å². The summed E-state index contributed by atoms with van der Waals surface area (Å²) in [7, 11) is 0. The second-order valence-electron chi connectivity index (χ2n) is 28.7. The molecule has 14 rings (SSSR count). The lowest BCUT2D eigenvalue weighted by Crippen LogP contribution is -2.60. The van der Waals surface area contributed by atoms with Gasteiger partial charge in [-0.15, -0.1) is 11.3 Å². The third-order valence-electron chi connectivity index (χ3n) is 17.8. The van der Waals surface area contributed by atoms with E-state index >= 15 is 0 Å². The third-order valence-corrected chi connectivity index (χ3v) is 19.0. The molecule has 0 N–H and O–H groups in total. The molecule has 9 aromatic carbocycles. The number of nitrogens with zero attached hydrogens (tertiary/aromatic N) is 3. The molecule has 0 saturated heterocycles. The molecule has 0 radical (unpaired) electrons. The number of furan rings is 2. The van der Waals surface area contributed by atoms with Crippen molar-refractivity contribution in [2.45, 2.75) is 131 Å². The molecule has 7 heteroatoms. The predicted molar refractivity (Wildman–Crippen MR) is 358 cm³/mol. The molecule has 5 heterocycles. The van der Waals surface area contributed by atoms with Crippen LogP contribution in [-0.2, 0) is 27.1 Å². The maximum absolute atomic E-state index is 7.28. The Morgan fingerprint density at radius 1 is 0.398 bits per heavy atom. The predicted octanol–water partition coefficient (Wildman–Crippen LogP) is 21.4. The van der Waals surface area contributed by atoms with Gasteiger partial charge in [0, 0.05) is 99.5 Å². The molecule has 0 atom stereocenters. The van der Waals surface area contributed by atoms with Gasteiger partial charge in [0.15, 0.2) is 0 Å². The summed E-state index contributed by atoms with van der Waals surface area (Å²) < 4.78 is 17.1. The lowest BCUT2D eigenvalue weighted by atomic mass is 9.46. The van der Waals surface area contributed by atoms with E-state index in [1.807, 2.05) is 11.3 Å². The van der Waals surface area contributed by atoms with Crippen molar-refractivity contribution in [1.29, 1.82) is 0 Å². The Labute approximate surface area is 494 Å². The lowest BCUT2D eigenvalue weighted by Gasteiger charge is -2.44. The summed E-state index contributed by atoms with van der Waals surface area (Å²) in [5, 5.41) is 5.60. The molecule has 3 aromatic heterocycles. The number of fused-ring (bicyclic) bond motifs is 13. The van der Waals surface area contributed by atoms with Gasteiger partial charge in [-0.1, -0.05) is 177 Å². The fourth-order valence-corrected chi connectivity index (χ4v) is 14.3. The summed E-state index contributed by atoms with van der Waals surface area (Å²) >= 11 is 1.92. The highest BCUT2D eigenvalue weighted by molar-refractivity contribution is 7.32. The molecule has 83 heavy (non-hydrogen) atoms. The van der Waals surface area contributed by atoms with Crippen molar-refractivity contribution in [3.05, 3.63) is 204 Å². The van der Waals surface area contributed by atoms with Crippen LogP contribution in [0.1, 0.15) is 132 Å². The Morgan fingerprint density at radius 2 is 0.904 bits per heavy atom. The summed E-state index contributed by atoms with van der Waals surface area (Å²) in [6, 6.07) is 66.7. The van der Waals surface area contributed by atoms with Crippen LogP contribution in [0.3, 0.4) is 0 Å². The molecule has 12 aromatic rings. The van der Waals surface area contributed by atoms with Crippen LogP contribution in [0.2, 0.25) is 0 Å². The zero-order chi connectivity index (χ0) is 58.0. The van der Waals surface area contributed by atoms with Gasteiger partial charge in [0.25, 0.3) is 0 Å². The van der Waals surface area contributed by atoms with Gasteiger partial charge in [0.2, 0.25) is 0 Å². The SMILES string of the molecule is CC(C)(C)c1ccc(N2B3c4sc5ccc(C(C)(C)C)cc5c4N(c4ccc(C(C)(C)C)cc4)c4cc5c(oc6ccccc65)c(c43)-c3cc4c(cc32)oc2cc(N(c3ccc(C(C)(C)C)cc3)c3ccc(C(C)(C)C)cc3)ccc24)cc1. The Balaban J connectivity index is 1.06. The van der Waals surface area contributed by atoms with Crippen LogP contribution in [0.4, 0.5) is 45.5 Å². The van der Waals surface area contributed by atoms with Crippen molar-refractivity contribution in [2.24, 2.45) is 0 Å². The van der Waals surface area contributed by atoms with E-state index in [0.717, 1.165) is 94.8 Å². The first kappa shape index (κ1) is 53.0. The Bertz CT molecular complexity index is 4510. The highest BCUT2D eigenvalue weighted by Crippen LogP contribution is 2.55. The zero-order valence-electron chi connectivity index (χ0n) is 50.9. The molecule has 414 valence electrons. The number of hydrogen-bond acceptors (Lipinski definition) is 6. The second kappa shape index (κ2) is 18.3. The molecule has 0 bridgehead atoms. The summed E-state index contributed by atoms with van der Waals surface area (Å²) in [5.41, 5.74) is 22.4. The maximum Gasteiger partial charge on any atom is 0.343 e. The van der Waals surface area contributed by atoms with E-state index in [4.69, 9.17) is 8.83 Å². The molecule has 0 amide bonds. The van der Waals surface area contributed by atoms with Crippen LogP contribution >= 0.6 is 11.3 Å². The zero-order valence-corrected chi connectivity index (χ0v) is 51.7. The van der Waals surface area contributed by atoms with Crippen LogP contribution in [0.25, 0.3) is 65.1 Å². The van der Waals surface area contributed by atoms with Crippen molar-refractivity contribution in [3.8, 4) is 11.1 Å². The fourth-order valence-electron chi connectivity index (χ4n) is 13.0. The van der Waals surface area contributed by atoms with Crippen molar-refractivity contribution < 1.29 is 8.83 Å². The summed E-state index contributed by atoms with van der Waals surface area (Å²) in [6.07, 6.45) is 0. The molecule has 2 aliphatic heterocycles. The Morgan fingerprint density at radius 3 is 1.48 bits per heavy atom. The quantitative estimate of drug-likeness (QED) is 0.161. The lowest BCUT2D eigenvalue weighted by molar-refractivity contribution is 0.590. The number of para-hydroxylation sites is 1. The molecule has 0 spiro atoms. The normalized spacial score (nSPS) is 13.9. The van der Waals surface area contributed by atoms with Gasteiger partial charge in [-0.3, -0.25) is 0 Å². The number of anilines is 8. The van der Waals surface area contributed by atoms with Gasteiger partial charge in [0.05, 0.1) is 5.69 Å². The first-order valence-electron chi connectivity index (χ1n) is 29.7. The van der Waals surface area contributed by atoms with Crippen molar-refractivity contribution in [2.75, 3.05) is 14.6 Å². The fraction of sp³-hybridized carbons (Fsp3) is 0.263.